The van der Waals surface area contributed by atoms with Gasteiger partial charge in [-0.1, -0.05) is 0 Å². The number of hydrogen-bond acceptors (Lipinski definition) is 4. The van der Waals surface area contributed by atoms with Gasteiger partial charge in [0.25, 0.3) is 0 Å². The number of aldehydes is 1. The molecular weight excluding hydrogens is 219 g/mol. The Morgan fingerprint density at radius 1 is 1.53 bits per heavy atom. The van der Waals surface area contributed by atoms with E-state index < -0.39 is 17.4 Å². The van der Waals surface area contributed by atoms with Gasteiger partial charge in [0, 0.05) is 5.38 Å². The number of carbonyl (C=O) groups excluding carboxylic acids is 2. The minimum Gasteiger partial charge on any atom is -0.456 e. The zero-order chi connectivity index (χ0) is 11.6. The molecule has 0 aliphatic rings. The van der Waals surface area contributed by atoms with E-state index in [4.69, 9.17) is 4.74 Å². The maximum absolute atomic E-state index is 13.3. The number of halogens is 1. The molecule has 0 saturated carbocycles. The topological polar surface area (TPSA) is 43.4 Å². The van der Waals surface area contributed by atoms with E-state index in [0.29, 0.717) is 6.29 Å². The largest absolute Gasteiger partial charge is 0.456 e. The van der Waals surface area contributed by atoms with Crippen LogP contribution < -0.4 is 0 Å². The molecule has 0 aliphatic carbocycles. The fourth-order valence-electron chi connectivity index (χ4n) is 0.899. The van der Waals surface area contributed by atoms with E-state index in [1.54, 1.807) is 20.8 Å². The summed E-state index contributed by atoms with van der Waals surface area (Å²) in [4.78, 5) is 21.6. The fourth-order valence-corrected chi connectivity index (χ4v) is 1.66. The summed E-state index contributed by atoms with van der Waals surface area (Å²) in [6, 6.07) is 0. The third kappa shape index (κ3) is 2.86. The van der Waals surface area contributed by atoms with Gasteiger partial charge in [-0.05, 0) is 20.8 Å². The maximum atomic E-state index is 13.3. The van der Waals surface area contributed by atoms with Gasteiger partial charge in [0.1, 0.15) is 10.5 Å². The first-order valence-electron chi connectivity index (χ1n) is 4.30. The van der Waals surface area contributed by atoms with Crippen LogP contribution in [0.3, 0.4) is 0 Å². The molecule has 0 saturated heterocycles. The molecule has 0 spiro atoms. The zero-order valence-corrected chi connectivity index (χ0v) is 9.48. The van der Waals surface area contributed by atoms with Crippen molar-refractivity contribution in [2.75, 3.05) is 0 Å². The molecule has 1 aromatic heterocycles. The van der Waals surface area contributed by atoms with E-state index in [0.717, 1.165) is 11.3 Å². The van der Waals surface area contributed by atoms with Crippen LogP contribution in [0.1, 0.15) is 40.8 Å². The summed E-state index contributed by atoms with van der Waals surface area (Å²) in [6.45, 7) is 5.07. The molecule has 0 radical (unpaired) electrons. The molecule has 0 fully saturated rings. The standard InChI is InChI=1S/C10H11FO3S/c1-10(2,3)14-9(13)8-7(11)6(4-12)5-15-8/h4-5H,1-3H3. The minimum absolute atomic E-state index is 0.110. The molecule has 0 aliphatic heterocycles. The maximum Gasteiger partial charge on any atom is 0.351 e. The minimum atomic E-state index is -0.802. The third-order valence-electron chi connectivity index (χ3n) is 1.47. The van der Waals surface area contributed by atoms with Gasteiger partial charge in [0.15, 0.2) is 12.1 Å². The van der Waals surface area contributed by atoms with Crippen molar-refractivity contribution in [3.05, 3.63) is 21.6 Å². The number of esters is 1. The Hall–Kier alpha value is -1.23. The number of thiophene rings is 1. The zero-order valence-electron chi connectivity index (χ0n) is 8.67. The van der Waals surface area contributed by atoms with Crippen LogP contribution in [0, 0.1) is 5.82 Å². The normalized spacial score (nSPS) is 11.2. The molecule has 0 bridgehead atoms. The predicted molar refractivity (Wildman–Crippen MR) is 54.8 cm³/mol. The van der Waals surface area contributed by atoms with E-state index in [9.17, 15) is 14.0 Å². The number of rotatable bonds is 2. The first-order valence-corrected chi connectivity index (χ1v) is 5.18. The molecule has 1 rings (SSSR count). The van der Waals surface area contributed by atoms with Gasteiger partial charge in [-0.3, -0.25) is 4.79 Å². The highest BCUT2D eigenvalue weighted by Crippen LogP contribution is 2.22. The first kappa shape index (κ1) is 11.8. The summed E-state index contributed by atoms with van der Waals surface area (Å²) in [5.74, 6) is -1.54. The number of hydrogen-bond donors (Lipinski definition) is 0. The second-order valence-corrected chi connectivity index (χ2v) is 4.83. The monoisotopic (exact) mass is 230 g/mol. The van der Waals surface area contributed by atoms with Crippen LogP contribution in [0.2, 0.25) is 0 Å². The Kier molecular flexibility index (Phi) is 3.24. The summed E-state index contributed by atoms with van der Waals surface area (Å²) < 4.78 is 18.3. The summed E-state index contributed by atoms with van der Waals surface area (Å²) in [5, 5.41) is 1.29. The molecule has 1 heterocycles. The van der Waals surface area contributed by atoms with E-state index in [-0.39, 0.29) is 10.4 Å². The molecule has 0 amide bonds. The van der Waals surface area contributed by atoms with Crippen LogP contribution >= 0.6 is 11.3 Å². The average Bonchev–Trinajstić information content (AvgIpc) is 2.43. The van der Waals surface area contributed by atoms with Crippen molar-refractivity contribution in [1.29, 1.82) is 0 Å². The fraction of sp³-hybridized carbons (Fsp3) is 0.400. The van der Waals surface area contributed by atoms with Crippen LogP contribution in [-0.4, -0.2) is 17.9 Å². The van der Waals surface area contributed by atoms with Crippen molar-refractivity contribution >= 4 is 23.6 Å². The Morgan fingerprint density at radius 2 is 2.13 bits per heavy atom. The number of ether oxygens (including phenoxy) is 1. The Labute approximate surface area is 90.9 Å². The van der Waals surface area contributed by atoms with Crippen molar-refractivity contribution in [2.24, 2.45) is 0 Å². The quantitative estimate of drug-likeness (QED) is 0.579. The summed E-state index contributed by atoms with van der Waals surface area (Å²) >= 11 is 0.869. The van der Waals surface area contributed by atoms with Crippen LogP contribution in [0.15, 0.2) is 5.38 Å². The summed E-state index contributed by atoms with van der Waals surface area (Å²) in [7, 11) is 0. The van der Waals surface area contributed by atoms with Crippen LogP contribution in [0.25, 0.3) is 0 Å². The molecule has 82 valence electrons. The van der Waals surface area contributed by atoms with E-state index in [2.05, 4.69) is 0 Å². The Bertz CT molecular complexity index is 390. The van der Waals surface area contributed by atoms with E-state index >= 15 is 0 Å². The van der Waals surface area contributed by atoms with Crippen molar-refractivity contribution < 1.29 is 18.7 Å². The second kappa shape index (κ2) is 4.10. The molecule has 0 aromatic carbocycles. The molecule has 0 atom stereocenters. The second-order valence-electron chi connectivity index (χ2n) is 3.95. The van der Waals surface area contributed by atoms with E-state index in [1.807, 2.05) is 0 Å². The highest BCUT2D eigenvalue weighted by molar-refractivity contribution is 7.12. The molecule has 0 unspecified atom stereocenters. The third-order valence-corrected chi connectivity index (χ3v) is 2.42. The van der Waals surface area contributed by atoms with Crippen molar-refractivity contribution in [2.45, 2.75) is 26.4 Å². The lowest BCUT2D eigenvalue weighted by Crippen LogP contribution is -2.23. The molecule has 5 heteroatoms. The molecular formula is C10H11FO3S. The van der Waals surface area contributed by atoms with Gasteiger partial charge >= 0.3 is 5.97 Å². The van der Waals surface area contributed by atoms with Gasteiger partial charge in [0.2, 0.25) is 0 Å². The highest BCUT2D eigenvalue weighted by atomic mass is 32.1. The number of carbonyl (C=O) groups is 2. The highest BCUT2D eigenvalue weighted by Gasteiger charge is 2.23. The summed E-state index contributed by atoms with van der Waals surface area (Å²) in [6.07, 6.45) is 0.375. The predicted octanol–water partition coefficient (Wildman–Crippen LogP) is 2.66. The van der Waals surface area contributed by atoms with Gasteiger partial charge in [-0.15, -0.1) is 11.3 Å². The van der Waals surface area contributed by atoms with Crippen LogP contribution in [0.4, 0.5) is 4.39 Å². The lowest BCUT2D eigenvalue weighted by atomic mass is 10.2. The van der Waals surface area contributed by atoms with Gasteiger partial charge in [0.05, 0.1) is 5.56 Å². The molecule has 1 aromatic rings. The van der Waals surface area contributed by atoms with Gasteiger partial charge in [-0.25, -0.2) is 9.18 Å². The average molecular weight is 230 g/mol. The van der Waals surface area contributed by atoms with Crippen LogP contribution in [-0.2, 0) is 4.74 Å². The molecule has 3 nitrogen and oxygen atoms in total. The molecule has 15 heavy (non-hydrogen) atoms. The molecule has 0 N–H and O–H groups in total. The SMILES string of the molecule is CC(C)(C)OC(=O)c1scc(C=O)c1F. The van der Waals surface area contributed by atoms with Gasteiger partial charge in [-0.2, -0.15) is 0 Å². The summed E-state index contributed by atoms with van der Waals surface area (Å²) in [5.41, 5.74) is -0.782. The van der Waals surface area contributed by atoms with E-state index in [1.165, 1.54) is 5.38 Å². The Balaban J connectivity index is 2.92. The first-order chi connectivity index (χ1) is 6.85. The van der Waals surface area contributed by atoms with Crippen molar-refractivity contribution in [1.82, 2.24) is 0 Å². The lowest BCUT2D eigenvalue weighted by molar-refractivity contribution is 0.00709. The smallest absolute Gasteiger partial charge is 0.351 e. The van der Waals surface area contributed by atoms with Crippen molar-refractivity contribution in [3.8, 4) is 0 Å². The van der Waals surface area contributed by atoms with Crippen LogP contribution in [0.5, 0.6) is 0 Å². The van der Waals surface area contributed by atoms with Crippen molar-refractivity contribution in [3.63, 3.8) is 0 Å². The lowest BCUT2D eigenvalue weighted by Gasteiger charge is -2.18. The van der Waals surface area contributed by atoms with Gasteiger partial charge < -0.3 is 4.74 Å². The Morgan fingerprint density at radius 3 is 2.53 bits per heavy atom.